The predicted molar refractivity (Wildman–Crippen MR) is 85.8 cm³/mol. The SMILES string of the molecule is CC.CN1CC2CCC(C1)N2S(=O)Cc1ccccc1. The van der Waals surface area contributed by atoms with Crippen LogP contribution < -0.4 is 0 Å². The van der Waals surface area contributed by atoms with Crippen LogP contribution in [0.3, 0.4) is 0 Å². The molecule has 2 saturated heterocycles. The molecule has 20 heavy (non-hydrogen) atoms. The largest absolute Gasteiger partial charge is 0.303 e. The molecule has 0 N–H and O–H groups in total. The summed E-state index contributed by atoms with van der Waals surface area (Å²) >= 11 is 0. The second kappa shape index (κ2) is 7.34. The molecule has 0 spiro atoms. The number of likely N-dealkylation sites (tertiary alicyclic amines) is 1. The van der Waals surface area contributed by atoms with E-state index in [4.69, 9.17) is 0 Å². The van der Waals surface area contributed by atoms with Crippen LogP contribution in [0.4, 0.5) is 0 Å². The maximum atomic E-state index is 12.6. The Morgan fingerprint density at radius 1 is 1.10 bits per heavy atom. The molecule has 4 heteroatoms. The first-order chi connectivity index (χ1) is 9.74. The quantitative estimate of drug-likeness (QED) is 0.855. The van der Waals surface area contributed by atoms with Crippen molar-refractivity contribution in [3.63, 3.8) is 0 Å². The van der Waals surface area contributed by atoms with Gasteiger partial charge in [0.25, 0.3) is 0 Å². The zero-order valence-corrected chi connectivity index (χ0v) is 13.6. The molecule has 2 heterocycles. The topological polar surface area (TPSA) is 23.6 Å². The number of rotatable bonds is 3. The molecule has 0 radical (unpaired) electrons. The molecule has 1 aromatic rings. The highest BCUT2D eigenvalue weighted by molar-refractivity contribution is 7.81. The molecule has 0 amide bonds. The summed E-state index contributed by atoms with van der Waals surface area (Å²) in [5.41, 5.74) is 1.18. The second-order valence-corrected chi connectivity index (χ2v) is 6.77. The first-order valence-corrected chi connectivity index (χ1v) is 8.91. The molecule has 3 nitrogen and oxygen atoms in total. The maximum Gasteiger partial charge on any atom is 0.0993 e. The van der Waals surface area contributed by atoms with Crippen molar-refractivity contribution in [3.8, 4) is 0 Å². The lowest BCUT2D eigenvalue weighted by Crippen LogP contribution is -2.52. The van der Waals surface area contributed by atoms with E-state index in [-0.39, 0.29) is 0 Å². The molecule has 2 fully saturated rings. The third-order valence-corrected chi connectivity index (χ3v) is 5.61. The van der Waals surface area contributed by atoms with Gasteiger partial charge in [0.15, 0.2) is 0 Å². The number of hydrogen-bond donors (Lipinski definition) is 0. The first-order valence-electron chi connectivity index (χ1n) is 7.63. The van der Waals surface area contributed by atoms with Crippen LogP contribution in [-0.2, 0) is 16.7 Å². The summed E-state index contributed by atoms with van der Waals surface area (Å²) in [6.45, 7) is 6.13. The van der Waals surface area contributed by atoms with Crippen LogP contribution in [0.15, 0.2) is 30.3 Å². The zero-order chi connectivity index (χ0) is 14.5. The first kappa shape index (κ1) is 15.7. The standard InChI is InChI=1S/C14H20N2OS.C2H6/c1-15-9-13-7-8-14(10-15)16(13)18(17)11-12-5-3-2-4-6-12;1-2/h2-6,13-14H,7-11H2,1H3;1-2H3. The van der Waals surface area contributed by atoms with Crippen molar-refractivity contribution >= 4 is 11.0 Å². The van der Waals surface area contributed by atoms with Gasteiger partial charge in [-0.2, -0.15) is 0 Å². The molecule has 0 aromatic heterocycles. The van der Waals surface area contributed by atoms with Crippen molar-refractivity contribution in [2.75, 3.05) is 20.1 Å². The predicted octanol–water partition coefficient (Wildman–Crippen LogP) is 2.65. The summed E-state index contributed by atoms with van der Waals surface area (Å²) in [4.78, 5) is 2.37. The molecule has 2 bridgehead atoms. The van der Waals surface area contributed by atoms with Gasteiger partial charge in [0.2, 0.25) is 0 Å². The Balaban J connectivity index is 0.000000704. The number of piperazine rings is 1. The molecular formula is C16H26N2OS. The Morgan fingerprint density at radius 3 is 2.20 bits per heavy atom. The van der Waals surface area contributed by atoms with E-state index in [1.165, 1.54) is 18.4 Å². The minimum absolute atomic E-state index is 0.498. The van der Waals surface area contributed by atoms with E-state index in [1.54, 1.807) is 0 Å². The minimum Gasteiger partial charge on any atom is -0.303 e. The fourth-order valence-corrected chi connectivity index (χ4v) is 4.83. The molecule has 3 atom stereocenters. The lowest BCUT2D eigenvalue weighted by molar-refractivity contribution is 0.159. The van der Waals surface area contributed by atoms with Gasteiger partial charge in [0, 0.05) is 25.2 Å². The summed E-state index contributed by atoms with van der Waals surface area (Å²) in [7, 11) is 1.31. The Labute approximate surface area is 125 Å². The van der Waals surface area contributed by atoms with Crippen molar-refractivity contribution < 1.29 is 4.21 Å². The number of nitrogens with zero attached hydrogens (tertiary/aromatic N) is 2. The molecular weight excluding hydrogens is 268 g/mol. The summed E-state index contributed by atoms with van der Waals surface area (Å²) < 4.78 is 14.8. The van der Waals surface area contributed by atoms with Crippen molar-refractivity contribution in [3.05, 3.63) is 35.9 Å². The Bertz CT molecular complexity index is 423. The van der Waals surface area contributed by atoms with Crippen LogP contribution in [0.25, 0.3) is 0 Å². The summed E-state index contributed by atoms with van der Waals surface area (Å²) in [5, 5.41) is 0. The number of benzene rings is 1. The molecule has 0 aliphatic carbocycles. The van der Waals surface area contributed by atoms with Crippen LogP contribution in [0, 0.1) is 0 Å². The molecule has 2 aliphatic rings. The van der Waals surface area contributed by atoms with Gasteiger partial charge in [-0.05, 0) is 25.5 Å². The van der Waals surface area contributed by atoms with Gasteiger partial charge in [-0.1, -0.05) is 44.2 Å². The summed E-state index contributed by atoms with van der Waals surface area (Å²) in [6, 6.07) is 11.2. The molecule has 3 rings (SSSR count). The van der Waals surface area contributed by atoms with Gasteiger partial charge >= 0.3 is 0 Å². The minimum atomic E-state index is -0.863. The van der Waals surface area contributed by atoms with Crippen LogP contribution in [0.1, 0.15) is 32.3 Å². The third kappa shape index (κ3) is 3.48. The highest BCUT2D eigenvalue weighted by atomic mass is 32.2. The van der Waals surface area contributed by atoms with Crippen molar-refractivity contribution in [1.82, 2.24) is 9.21 Å². The van der Waals surface area contributed by atoms with Gasteiger partial charge in [-0.25, -0.2) is 8.51 Å². The van der Waals surface area contributed by atoms with E-state index < -0.39 is 11.0 Å². The van der Waals surface area contributed by atoms with Crippen LogP contribution in [0.2, 0.25) is 0 Å². The molecule has 1 aromatic carbocycles. The fraction of sp³-hybridized carbons (Fsp3) is 0.625. The van der Waals surface area contributed by atoms with Gasteiger partial charge in [-0.15, -0.1) is 0 Å². The Hall–Kier alpha value is -0.710. The monoisotopic (exact) mass is 294 g/mol. The van der Waals surface area contributed by atoms with E-state index in [9.17, 15) is 4.21 Å². The summed E-state index contributed by atoms with van der Waals surface area (Å²) in [5.74, 6) is 0.664. The van der Waals surface area contributed by atoms with Gasteiger partial charge in [-0.3, -0.25) is 0 Å². The van der Waals surface area contributed by atoms with E-state index in [0.29, 0.717) is 17.8 Å². The summed E-state index contributed by atoms with van der Waals surface area (Å²) in [6.07, 6.45) is 2.41. The number of hydrogen-bond acceptors (Lipinski definition) is 2. The zero-order valence-electron chi connectivity index (χ0n) is 12.8. The van der Waals surface area contributed by atoms with E-state index >= 15 is 0 Å². The van der Waals surface area contributed by atoms with Crippen molar-refractivity contribution in [1.29, 1.82) is 0 Å². The van der Waals surface area contributed by atoms with Crippen molar-refractivity contribution in [2.24, 2.45) is 0 Å². The highest BCUT2D eigenvalue weighted by Gasteiger charge is 2.41. The smallest absolute Gasteiger partial charge is 0.0993 e. The van der Waals surface area contributed by atoms with Gasteiger partial charge in [0.1, 0.15) is 0 Å². The van der Waals surface area contributed by atoms with Gasteiger partial charge in [0.05, 0.1) is 16.7 Å². The molecule has 112 valence electrons. The molecule has 3 unspecified atom stereocenters. The van der Waals surface area contributed by atoms with Crippen LogP contribution >= 0.6 is 0 Å². The lowest BCUT2D eigenvalue weighted by Gasteiger charge is -2.38. The molecule has 2 aliphatic heterocycles. The third-order valence-electron chi connectivity index (χ3n) is 3.97. The lowest BCUT2D eigenvalue weighted by atomic mass is 10.2. The van der Waals surface area contributed by atoms with E-state index in [2.05, 4.69) is 28.4 Å². The van der Waals surface area contributed by atoms with Crippen LogP contribution in [-0.4, -0.2) is 45.6 Å². The van der Waals surface area contributed by atoms with Crippen molar-refractivity contribution in [2.45, 2.75) is 44.5 Å². The Morgan fingerprint density at radius 2 is 1.65 bits per heavy atom. The van der Waals surface area contributed by atoms with E-state index in [0.717, 1.165) is 13.1 Å². The average Bonchev–Trinajstić information content (AvgIpc) is 2.74. The molecule has 0 saturated carbocycles. The van der Waals surface area contributed by atoms with E-state index in [1.807, 2.05) is 32.0 Å². The van der Waals surface area contributed by atoms with Gasteiger partial charge < -0.3 is 4.90 Å². The Kier molecular flexibility index (Phi) is 5.75. The maximum absolute atomic E-state index is 12.6. The van der Waals surface area contributed by atoms with Crippen LogP contribution in [0.5, 0.6) is 0 Å². The highest BCUT2D eigenvalue weighted by Crippen LogP contribution is 2.31. The number of fused-ring (bicyclic) bond motifs is 2. The fourth-order valence-electron chi connectivity index (χ4n) is 3.20. The second-order valence-electron chi connectivity index (χ2n) is 5.42. The normalized spacial score (nSPS) is 27.8. The number of likely N-dealkylation sites (N-methyl/N-ethyl adjacent to an activating group) is 1. The average molecular weight is 294 g/mol.